The van der Waals surface area contributed by atoms with E-state index in [2.05, 4.69) is 30.9 Å². The first kappa shape index (κ1) is 12.9. The van der Waals surface area contributed by atoms with Gasteiger partial charge >= 0.3 is 0 Å². The van der Waals surface area contributed by atoms with Crippen LogP contribution in [0.4, 0.5) is 0 Å². The van der Waals surface area contributed by atoms with E-state index in [-0.39, 0.29) is 5.78 Å². The minimum absolute atomic E-state index is 0.263. The molecule has 0 aromatic carbocycles. The molecule has 0 N–H and O–H groups in total. The lowest BCUT2D eigenvalue weighted by molar-refractivity contribution is -0.118. The third-order valence-corrected chi connectivity index (χ3v) is 2.49. The summed E-state index contributed by atoms with van der Waals surface area (Å²) < 4.78 is 1.83. The van der Waals surface area contributed by atoms with Crippen molar-refractivity contribution < 1.29 is 4.79 Å². The summed E-state index contributed by atoms with van der Waals surface area (Å²) in [6, 6.07) is 0. The van der Waals surface area contributed by atoms with E-state index >= 15 is 0 Å². The number of Topliss-reactive ketones (excluding diaryl/α,β-unsaturated/α-hetero) is 1. The highest BCUT2D eigenvalue weighted by Gasteiger charge is 2.10. The van der Waals surface area contributed by atoms with Gasteiger partial charge in [0.2, 0.25) is 0 Å². The molecule has 0 unspecified atom stereocenters. The van der Waals surface area contributed by atoms with Crippen LogP contribution in [-0.4, -0.2) is 20.5 Å². The quantitative estimate of drug-likeness (QED) is 0.712. The first-order chi connectivity index (χ1) is 7.63. The molecule has 0 amide bonds. The van der Waals surface area contributed by atoms with Crippen LogP contribution >= 0.6 is 0 Å². The molecule has 0 aliphatic heterocycles. The molecule has 0 fully saturated rings. The standard InChI is InChI=1S/C12H21N3O/c1-4-7-15-12(13-9-14-15)8-11(16)6-5-10(2)3/h9-10H,4-8H2,1-3H3. The fraction of sp³-hybridized carbons (Fsp3) is 0.750. The number of aryl methyl sites for hydroxylation is 1. The minimum Gasteiger partial charge on any atom is -0.299 e. The van der Waals surface area contributed by atoms with Crippen molar-refractivity contribution in [1.82, 2.24) is 14.8 Å². The van der Waals surface area contributed by atoms with Crippen LogP contribution in [0.5, 0.6) is 0 Å². The van der Waals surface area contributed by atoms with Crippen molar-refractivity contribution in [2.75, 3.05) is 0 Å². The maximum absolute atomic E-state index is 11.7. The van der Waals surface area contributed by atoms with Crippen LogP contribution in [0.1, 0.15) is 45.9 Å². The molecule has 1 rings (SSSR count). The number of hydrogen-bond acceptors (Lipinski definition) is 3. The summed E-state index contributed by atoms with van der Waals surface area (Å²) in [5.41, 5.74) is 0. The van der Waals surface area contributed by atoms with Crippen molar-refractivity contribution >= 4 is 5.78 Å². The number of carbonyl (C=O) groups excluding carboxylic acids is 1. The molecule has 0 radical (unpaired) electrons. The summed E-state index contributed by atoms with van der Waals surface area (Å²) in [6.45, 7) is 7.19. The Morgan fingerprint density at radius 2 is 2.25 bits per heavy atom. The largest absolute Gasteiger partial charge is 0.299 e. The summed E-state index contributed by atoms with van der Waals surface area (Å²) in [5.74, 6) is 1.65. The molecule has 90 valence electrons. The van der Waals surface area contributed by atoms with Crippen LogP contribution in [0.3, 0.4) is 0 Å². The van der Waals surface area contributed by atoms with E-state index < -0.39 is 0 Å². The Labute approximate surface area is 97.1 Å². The zero-order valence-electron chi connectivity index (χ0n) is 10.4. The van der Waals surface area contributed by atoms with E-state index in [1.807, 2.05) is 4.68 Å². The van der Waals surface area contributed by atoms with Crippen LogP contribution < -0.4 is 0 Å². The second-order valence-electron chi connectivity index (χ2n) is 4.55. The van der Waals surface area contributed by atoms with Gasteiger partial charge in [0.25, 0.3) is 0 Å². The molecule has 0 saturated heterocycles. The smallest absolute Gasteiger partial charge is 0.140 e. The number of nitrogens with zero attached hydrogens (tertiary/aromatic N) is 3. The van der Waals surface area contributed by atoms with E-state index in [0.717, 1.165) is 25.2 Å². The van der Waals surface area contributed by atoms with Crippen LogP contribution in [0.2, 0.25) is 0 Å². The normalized spacial score (nSPS) is 11.0. The molecule has 1 aromatic rings. The predicted octanol–water partition coefficient (Wildman–Crippen LogP) is 2.24. The van der Waals surface area contributed by atoms with Gasteiger partial charge in [-0.05, 0) is 18.8 Å². The van der Waals surface area contributed by atoms with Crippen molar-refractivity contribution in [1.29, 1.82) is 0 Å². The number of aromatic nitrogens is 3. The SMILES string of the molecule is CCCn1ncnc1CC(=O)CCC(C)C. The second kappa shape index (κ2) is 6.40. The molecule has 0 saturated carbocycles. The molecule has 0 atom stereocenters. The van der Waals surface area contributed by atoms with E-state index in [1.54, 1.807) is 0 Å². The topological polar surface area (TPSA) is 47.8 Å². The predicted molar refractivity (Wildman–Crippen MR) is 63.1 cm³/mol. The Bertz CT molecular complexity index is 331. The third-order valence-electron chi connectivity index (χ3n) is 2.49. The van der Waals surface area contributed by atoms with Crippen LogP contribution in [0.15, 0.2) is 6.33 Å². The second-order valence-corrected chi connectivity index (χ2v) is 4.55. The Kier molecular flexibility index (Phi) is 5.15. The van der Waals surface area contributed by atoms with Gasteiger partial charge in [-0.1, -0.05) is 20.8 Å². The molecular weight excluding hydrogens is 202 g/mol. The summed E-state index contributed by atoms with van der Waals surface area (Å²) in [5, 5.41) is 4.11. The summed E-state index contributed by atoms with van der Waals surface area (Å²) in [6.07, 6.45) is 4.57. The Morgan fingerprint density at radius 1 is 1.50 bits per heavy atom. The first-order valence-corrected chi connectivity index (χ1v) is 6.01. The van der Waals surface area contributed by atoms with Crippen molar-refractivity contribution in [2.24, 2.45) is 5.92 Å². The van der Waals surface area contributed by atoms with Gasteiger partial charge in [0, 0.05) is 13.0 Å². The lowest BCUT2D eigenvalue weighted by atomic mass is 10.0. The molecule has 1 heterocycles. The average molecular weight is 223 g/mol. The number of ketones is 1. The number of rotatable bonds is 7. The first-order valence-electron chi connectivity index (χ1n) is 6.01. The molecule has 1 aromatic heterocycles. The van der Waals surface area contributed by atoms with Gasteiger partial charge in [-0.2, -0.15) is 5.10 Å². The van der Waals surface area contributed by atoms with Gasteiger partial charge in [0.15, 0.2) is 0 Å². The summed E-state index contributed by atoms with van der Waals surface area (Å²) in [7, 11) is 0. The molecule has 0 aliphatic carbocycles. The Hall–Kier alpha value is -1.19. The minimum atomic E-state index is 0.263. The highest BCUT2D eigenvalue weighted by atomic mass is 16.1. The molecule has 0 bridgehead atoms. The van der Waals surface area contributed by atoms with E-state index in [0.29, 0.717) is 18.8 Å². The summed E-state index contributed by atoms with van der Waals surface area (Å²) >= 11 is 0. The van der Waals surface area contributed by atoms with Crippen molar-refractivity contribution in [3.63, 3.8) is 0 Å². The lowest BCUT2D eigenvalue weighted by Gasteiger charge is -2.05. The monoisotopic (exact) mass is 223 g/mol. The van der Waals surface area contributed by atoms with Gasteiger partial charge < -0.3 is 0 Å². The number of carbonyl (C=O) groups is 1. The highest BCUT2D eigenvalue weighted by molar-refractivity contribution is 5.80. The highest BCUT2D eigenvalue weighted by Crippen LogP contribution is 2.07. The van der Waals surface area contributed by atoms with E-state index in [9.17, 15) is 4.79 Å². The van der Waals surface area contributed by atoms with Crippen LogP contribution in [0.25, 0.3) is 0 Å². The van der Waals surface area contributed by atoms with Crippen molar-refractivity contribution in [3.8, 4) is 0 Å². The molecule has 16 heavy (non-hydrogen) atoms. The summed E-state index contributed by atoms with van der Waals surface area (Å²) in [4.78, 5) is 15.8. The zero-order chi connectivity index (χ0) is 12.0. The molecular formula is C12H21N3O. The van der Waals surface area contributed by atoms with E-state index in [4.69, 9.17) is 0 Å². The molecule has 4 heteroatoms. The zero-order valence-corrected chi connectivity index (χ0v) is 10.4. The van der Waals surface area contributed by atoms with Gasteiger partial charge in [-0.3, -0.25) is 4.79 Å². The lowest BCUT2D eigenvalue weighted by Crippen LogP contribution is -2.11. The number of hydrogen-bond donors (Lipinski definition) is 0. The van der Waals surface area contributed by atoms with Gasteiger partial charge in [0.05, 0.1) is 6.42 Å². The van der Waals surface area contributed by atoms with Gasteiger partial charge in [-0.15, -0.1) is 0 Å². The average Bonchev–Trinajstić information content (AvgIpc) is 2.63. The van der Waals surface area contributed by atoms with Gasteiger partial charge in [-0.25, -0.2) is 9.67 Å². The fourth-order valence-corrected chi connectivity index (χ4v) is 1.54. The van der Waals surface area contributed by atoms with Crippen LogP contribution in [-0.2, 0) is 17.8 Å². The van der Waals surface area contributed by atoms with Crippen LogP contribution in [0, 0.1) is 5.92 Å². The van der Waals surface area contributed by atoms with E-state index in [1.165, 1.54) is 6.33 Å². The molecule has 4 nitrogen and oxygen atoms in total. The third kappa shape index (κ3) is 4.13. The fourth-order valence-electron chi connectivity index (χ4n) is 1.54. The maximum atomic E-state index is 11.7. The molecule has 0 spiro atoms. The van der Waals surface area contributed by atoms with Crippen molar-refractivity contribution in [2.45, 2.75) is 53.0 Å². The maximum Gasteiger partial charge on any atom is 0.140 e. The molecule has 0 aliphatic rings. The van der Waals surface area contributed by atoms with Gasteiger partial charge in [0.1, 0.15) is 17.9 Å². The van der Waals surface area contributed by atoms with Crippen molar-refractivity contribution in [3.05, 3.63) is 12.2 Å². The Balaban J connectivity index is 2.46. The Morgan fingerprint density at radius 3 is 2.88 bits per heavy atom.